The Morgan fingerprint density at radius 3 is 2.53 bits per heavy atom. The van der Waals surface area contributed by atoms with Crippen molar-refractivity contribution in [3.05, 3.63) is 23.7 Å². The zero-order valence-electron chi connectivity index (χ0n) is 11.6. The normalized spacial score (nSPS) is 12.4. The van der Waals surface area contributed by atoms with Crippen LogP contribution in [-0.4, -0.2) is 23.0 Å². The predicted octanol–water partition coefficient (Wildman–Crippen LogP) is 2.92. The van der Waals surface area contributed by atoms with Crippen LogP contribution in [0.25, 0.3) is 0 Å². The van der Waals surface area contributed by atoms with Crippen LogP contribution in [0.2, 0.25) is 0 Å². The number of aromatic carboxylic acids is 1. The summed E-state index contributed by atoms with van der Waals surface area (Å²) < 4.78 is 4.94. The molecule has 1 heterocycles. The molecule has 1 amide bonds. The highest BCUT2D eigenvalue weighted by molar-refractivity contribution is 5.95. The molecule has 1 rings (SSSR count). The van der Waals surface area contributed by atoms with Crippen LogP contribution in [0.1, 0.15) is 60.9 Å². The standard InChI is InChI=1S/C14H21NO4/c1-9(2)5-4-6-10(3)15-13(16)12-7-11(8-19-12)14(17)18/h7-10H,4-6H2,1-3H3,(H,15,16)(H,17,18). The van der Waals surface area contributed by atoms with Crippen molar-refractivity contribution < 1.29 is 19.1 Å². The lowest BCUT2D eigenvalue weighted by molar-refractivity contribution is 0.0695. The zero-order valence-corrected chi connectivity index (χ0v) is 11.6. The van der Waals surface area contributed by atoms with E-state index in [1.165, 1.54) is 6.07 Å². The highest BCUT2D eigenvalue weighted by Crippen LogP contribution is 2.10. The van der Waals surface area contributed by atoms with E-state index in [4.69, 9.17) is 9.52 Å². The summed E-state index contributed by atoms with van der Waals surface area (Å²) in [4.78, 5) is 22.5. The van der Waals surface area contributed by atoms with Gasteiger partial charge in [-0.1, -0.05) is 26.7 Å². The summed E-state index contributed by atoms with van der Waals surface area (Å²) in [6, 6.07) is 1.28. The summed E-state index contributed by atoms with van der Waals surface area (Å²) in [5, 5.41) is 11.5. The van der Waals surface area contributed by atoms with Crippen molar-refractivity contribution in [3.8, 4) is 0 Å². The maximum atomic E-state index is 11.8. The second-order valence-corrected chi connectivity index (χ2v) is 5.20. The van der Waals surface area contributed by atoms with E-state index in [1.807, 2.05) is 6.92 Å². The van der Waals surface area contributed by atoms with E-state index in [1.54, 1.807) is 0 Å². The molecule has 0 fully saturated rings. The Bertz CT molecular complexity index is 436. The molecule has 0 bridgehead atoms. The van der Waals surface area contributed by atoms with E-state index in [9.17, 15) is 9.59 Å². The molecular formula is C14H21NO4. The number of carboxylic acid groups (broad SMARTS) is 1. The van der Waals surface area contributed by atoms with Crippen molar-refractivity contribution in [2.75, 3.05) is 0 Å². The molecule has 0 aliphatic heterocycles. The van der Waals surface area contributed by atoms with Gasteiger partial charge in [0.15, 0.2) is 5.76 Å². The van der Waals surface area contributed by atoms with Crippen LogP contribution in [0.5, 0.6) is 0 Å². The minimum atomic E-state index is -1.10. The monoisotopic (exact) mass is 267 g/mol. The molecule has 0 saturated heterocycles. The third kappa shape index (κ3) is 5.16. The van der Waals surface area contributed by atoms with Gasteiger partial charge in [0.2, 0.25) is 0 Å². The number of rotatable bonds is 7. The van der Waals surface area contributed by atoms with Crippen LogP contribution in [0.4, 0.5) is 0 Å². The molecule has 0 aromatic carbocycles. The number of amides is 1. The summed E-state index contributed by atoms with van der Waals surface area (Å²) in [5.41, 5.74) is -0.0161. The fraction of sp³-hybridized carbons (Fsp3) is 0.571. The predicted molar refractivity (Wildman–Crippen MR) is 71.3 cm³/mol. The molecule has 1 atom stereocenters. The van der Waals surface area contributed by atoms with E-state index >= 15 is 0 Å². The molecule has 1 aromatic heterocycles. The van der Waals surface area contributed by atoms with Gasteiger partial charge in [0.25, 0.3) is 5.91 Å². The van der Waals surface area contributed by atoms with Crippen molar-refractivity contribution in [1.29, 1.82) is 0 Å². The molecule has 2 N–H and O–H groups in total. The highest BCUT2D eigenvalue weighted by atomic mass is 16.4. The molecule has 5 nitrogen and oxygen atoms in total. The summed E-state index contributed by atoms with van der Waals surface area (Å²) in [6.07, 6.45) is 4.15. The van der Waals surface area contributed by atoms with Crippen LogP contribution in [0, 0.1) is 5.92 Å². The molecule has 0 radical (unpaired) electrons. The van der Waals surface area contributed by atoms with Gasteiger partial charge in [-0.25, -0.2) is 4.79 Å². The molecule has 0 aliphatic carbocycles. The number of carboxylic acids is 1. The first kappa shape index (κ1) is 15.3. The first-order chi connectivity index (χ1) is 8.90. The Morgan fingerprint density at radius 2 is 2.00 bits per heavy atom. The topological polar surface area (TPSA) is 79.5 Å². The van der Waals surface area contributed by atoms with Gasteiger partial charge in [-0.15, -0.1) is 0 Å². The molecule has 19 heavy (non-hydrogen) atoms. The van der Waals surface area contributed by atoms with Crippen LogP contribution in [0.3, 0.4) is 0 Å². The zero-order chi connectivity index (χ0) is 14.4. The van der Waals surface area contributed by atoms with Gasteiger partial charge < -0.3 is 14.8 Å². The Morgan fingerprint density at radius 1 is 1.32 bits per heavy atom. The van der Waals surface area contributed by atoms with Gasteiger partial charge in [-0.3, -0.25) is 4.79 Å². The quantitative estimate of drug-likeness (QED) is 0.796. The van der Waals surface area contributed by atoms with Gasteiger partial charge in [-0.05, 0) is 19.3 Å². The third-order valence-corrected chi connectivity index (χ3v) is 2.87. The lowest BCUT2D eigenvalue weighted by Crippen LogP contribution is -2.32. The Hall–Kier alpha value is -1.78. The first-order valence-electron chi connectivity index (χ1n) is 6.52. The van der Waals surface area contributed by atoms with Crippen LogP contribution in [0.15, 0.2) is 16.7 Å². The largest absolute Gasteiger partial charge is 0.478 e. The average molecular weight is 267 g/mol. The highest BCUT2D eigenvalue weighted by Gasteiger charge is 2.16. The van der Waals surface area contributed by atoms with Crippen molar-refractivity contribution in [2.24, 2.45) is 5.92 Å². The maximum absolute atomic E-state index is 11.8. The molecule has 0 aliphatic rings. The number of nitrogens with one attached hydrogen (secondary N) is 1. The molecular weight excluding hydrogens is 246 g/mol. The molecule has 0 saturated carbocycles. The fourth-order valence-corrected chi connectivity index (χ4v) is 1.77. The molecule has 1 unspecified atom stereocenters. The van der Waals surface area contributed by atoms with Gasteiger partial charge >= 0.3 is 5.97 Å². The minimum absolute atomic E-state index is 0.0161. The number of carbonyl (C=O) groups is 2. The van der Waals surface area contributed by atoms with Crippen LogP contribution in [-0.2, 0) is 0 Å². The van der Waals surface area contributed by atoms with Crippen LogP contribution < -0.4 is 5.32 Å². The van der Waals surface area contributed by atoms with E-state index in [0.717, 1.165) is 25.5 Å². The lowest BCUT2D eigenvalue weighted by atomic mass is 10.0. The number of hydrogen-bond donors (Lipinski definition) is 2. The fourth-order valence-electron chi connectivity index (χ4n) is 1.77. The Balaban J connectivity index is 2.42. The van der Waals surface area contributed by atoms with Gasteiger partial charge in [0, 0.05) is 12.1 Å². The van der Waals surface area contributed by atoms with E-state index in [-0.39, 0.29) is 23.3 Å². The van der Waals surface area contributed by atoms with Crippen LogP contribution >= 0.6 is 0 Å². The lowest BCUT2D eigenvalue weighted by Gasteiger charge is -2.13. The molecule has 106 valence electrons. The van der Waals surface area contributed by atoms with Gasteiger partial charge in [0.1, 0.15) is 6.26 Å². The van der Waals surface area contributed by atoms with Crippen molar-refractivity contribution in [2.45, 2.75) is 46.1 Å². The second kappa shape index (κ2) is 6.97. The van der Waals surface area contributed by atoms with E-state index < -0.39 is 5.97 Å². The summed E-state index contributed by atoms with van der Waals surface area (Å²) >= 11 is 0. The average Bonchev–Trinajstić information content (AvgIpc) is 2.77. The molecule has 1 aromatic rings. The number of furan rings is 1. The summed E-state index contributed by atoms with van der Waals surface area (Å²) in [6.45, 7) is 6.26. The van der Waals surface area contributed by atoms with Crippen molar-refractivity contribution in [1.82, 2.24) is 5.32 Å². The van der Waals surface area contributed by atoms with Crippen molar-refractivity contribution >= 4 is 11.9 Å². The summed E-state index contributed by atoms with van der Waals surface area (Å²) in [7, 11) is 0. The first-order valence-corrected chi connectivity index (χ1v) is 6.52. The number of hydrogen-bond acceptors (Lipinski definition) is 3. The maximum Gasteiger partial charge on any atom is 0.338 e. The molecule has 0 spiro atoms. The van der Waals surface area contributed by atoms with Gasteiger partial charge in [0.05, 0.1) is 5.56 Å². The van der Waals surface area contributed by atoms with E-state index in [0.29, 0.717) is 5.92 Å². The Labute approximate surface area is 113 Å². The minimum Gasteiger partial charge on any atom is -0.478 e. The SMILES string of the molecule is CC(C)CCCC(C)NC(=O)c1cc(C(=O)O)co1. The third-order valence-electron chi connectivity index (χ3n) is 2.87. The Kier molecular flexibility index (Phi) is 5.60. The smallest absolute Gasteiger partial charge is 0.338 e. The van der Waals surface area contributed by atoms with Gasteiger partial charge in [-0.2, -0.15) is 0 Å². The number of carbonyl (C=O) groups excluding carboxylic acids is 1. The second-order valence-electron chi connectivity index (χ2n) is 5.20. The summed E-state index contributed by atoms with van der Waals surface area (Å²) in [5.74, 6) is -0.781. The molecule has 5 heteroatoms. The van der Waals surface area contributed by atoms with Crippen molar-refractivity contribution in [3.63, 3.8) is 0 Å². The van der Waals surface area contributed by atoms with E-state index in [2.05, 4.69) is 19.2 Å².